The fourth-order valence-electron chi connectivity index (χ4n) is 3.08. The topological polar surface area (TPSA) is 50.8 Å². The quantitative estimate of drug-likeness (QED) is 0.791. The summed E-state index contributed by atoms with van der Waals surface area (Å²) < 4.78 is 11.0. The molecule has 0 radical (unpaired) electrons. The van der Waals surface area contributed by atoms with Gasteiger partial charge in [0.15, 0.2) is 6.61 Å². The number of morpholine rings is 1. The molecule has 2 aromatic carbocycles. The Kier molecular flexibility index (Phi) is 7.10. The number of rotatable bonds is 7. The van der Waals surface area contributed by atoms with E-state index < -0.39 is 0 Å². The van der Waals surface area contributed by atoms with Gasteiger partial charge in [-0.2, -0.15) is 0 Å². The number of nitrogens with zero attached hydrogens (tertiary/aromatic N) is 1. The highest BCUT2D eigenvalue weighted by atomic mass is 35.5. The first kappa shape index (κ1) is 19.7. The lowest BCUT2D eigenvalue weighted by molar-refractivity contribution is -0.123. The summed E-state index contributed by atoms with van der Waals surface area (Å²) in [7, 11) is 0. The van der Waals surface area contributed by atoms with Crippen LogP contribution in [0.15, 0.2) is 48.5 Å². The van der Waals surface area contributed by atoms with Gasteiger partial charge in [-0.1, -0.05) is 41.4 Å². The molecule has 1 amide bonds. The molecule has 0 aliphatic carbocycles. The van der Waals surface area contributed by atoms with Gasteiger partial charge in [0.2, 0.25) is 0 Å². The van der Waals surface area contributed by atoms with Gasteiger partial charge in [0.1, 0.15) is 5.75 Å². The molecule has 2 aromatic rings. The van der Waals surface area contributed by atoms with Crippen molar-refractivity contribution >= 4 is 17.5 Å². The van der Waals surface area contributed by atoms with Crippen LogP contribution in [0.1, 0.15) is 17.2 Å². The average molecular weight is 389 g/mol. The zero-order chi connectivity index (χ0) is 19.1. The van der Waals surface area contributed by atoms with E-state index in [9.17, 15) is 4.79 Å². The average Bonchev–Trinajstić information content (AvgIpc) is 2.70. The van der Waals surface area contributed by atoms with E-state index in [1.54, 1.807) is 0 Å². The van der Waals surface area contributed by atoms with Crippen LogP contribution in [-0.4, -0.2) is 50.3 Å². The highest BCUT2D eigenvalue weighted by Crippen LogP contribution is 2.23. The number of carbonyl (C=O) groups is 1. The molecule has 0 unspecified atom stereocenters. The Morgan fingerprint density at radius 2 is 1.81 bits per heavy atom. The van der Waals surface area contributed by atoms with Crippen LogP contribution in [0.5, 0.6) is 5.75 Å². The second-order valence-corrected chi connectivity index (χ2v) is 7.06. The fraction of sp³-hybridized carbons (Fsp3) is 0.381. The maximum Gasteiger partial charge on any atom is 0.258 e. The lowest BCUT2D eigenvalue weighted by Gasteiger charge is -2.35. The number of aryl methyl sites for hydroxylation is 1. The number of halogens is 1. The van der Waals surface area contributed by atoms with Crippen molar-refractivity contribution in [1.29, 1.82) is 0 Å². The Labute approximate surface area is 165 Å². The zero-order valence-electron chi connectivity index (χ0n) is 15.5. The monoisotopic (exact) mass is 388 g/mol. The summed E-state index contributed by atoms with van der Waals surface area (Å²) in [5.41, 5.74) is 2.28. The van der Waals surface area contributed by atoms with Crippen LogP contribution >= 0.6 is 11.6 Å². The minimum absolute atomic E-state index is 0.000486. The molecule has 27 heavy (non-hydrogen) atoms. The SMILES string of the molecule is Cc1ccc(OCC(=O)NC[C@@H](c2ccc(Cl)cc2)N2CCOCC2)cc1. The summed E-state index contributed by atoms with van der Waals surface area (Å²) >= 11 is 6.02. The number of carbonyl (C=O) groups excluding carboxylic acids is 1. The molecular formula is C21H25ClN2O3. The molecule has 1 aliphatic heterocycles. The summed E-state index contributed by atoms with van der Waals surface area (Å²) in [6.45, 7) is 5.60. The van der Waals surface area contributed by atoms with Crippen molar-refractivity contribution in [1.82, 2.24) is 10.2 Å². The van der Waals surface area contributed by atoms with Gasteiger partial charge < -0.3 is 14.8 Å². The molecule has 5 nitrogen and oxygen atoms in total. The number of hydrogen-bond donors (Lipinski definition) is 1. The van der Waals surface area contributed by atoms with E-state index in [2.05, 4.69) is 10.2 Å². The van der Waals surface area contributed by atoms with E-state index in [0.717, 1.165) is 24.2 Å². The fourth-order valence-corrected chi connectivity index (χ4v) is 3.20. The third kappa shape index (κ3) is 5.96. The Bertz CT molecular complexity index is 728. The molecule has 1 atom stereocenters. The van der Waals surface area contributed by atoms with Gasteiger partial charge in [0.25, 0.3) is 5.91 Å². The smallest absolute Gasteiger partial charge is 0.258 e. The van der Waals surface area contributed by atoms with E-state index >= 15 is 0 Å². The molecule has 1 saturated heterocycles. The molecule has 1 heterocycles. The van der Waals surface area contributed by atoms with Crippen molar-refractivity contribution in [2.24, 2.45) is 0 Å². The van der Waals surface area contributed by atoms with Crippen LogP contribution in [0.4, 0.5) is 0 Å². The van der Waals surface area contributed by atoms with Gasteiger partial charge in [0.05, 0.1) is 19.3 Å². The van der Waals surface area contributed by atoms with Crippen LogP contribution in [0.2, 0.25) is 5.02 Å². The minimum atomic E-state index is -0.136. The zero-order valence-corrected chi connectivity index (χ0v) is 16.2. The highest BCUT2D eigenvalue weighted by Gasteiger charge is 2.23. The van der Waals surface area contributed by atoms with Crippen molar-refractivity contribution in [3.8, 4) is 5.75 Å². The summed E-state index contributed by atoms with van der Waals surface area (Å²) in [4.78, 5) is 14.6. The summed E-state index contributed by atoms with van der Waals surface area (Å²) in [6, 6.07) is 15.5. The normalized spacial score (nSPS) is 15.9. The predicted molar refractivity (Wildman–Crippen MR) is 106 cm³/mol. The van der Waals surface area contributed by atoms with Gasteiger partial charge >= 0.3 is 0 Å². The van der Waals surface area contributed by atoms with E-state index in [1.807, 2.05) is 55.5 Å². The largest absolute Gasteiger partial charge is 0.484 e. The van der Waals surface area contributed by atoms with E-state index in [4.69, 9.17) is 21.1 Å². The lowest BCUT2D eigenvalue weighted by Crippen LogP contribution is -2.44. The molecular weight excluding hydrogens is 364 g/mol. The first-order valence-electron chi connectivity index (χ1n) is 9.15. The molecule has 0 aromatic heterocycles. The molecule has 1 aliphatic rings. The molecule has 6 heteroatoms. The van der Waals surface area contributed by atoms with Crippen molar-refractivity contribution < 1.29 is 14.3 Å². The molecule has 144 valence electrons. The van der Waals surface area contributed by atoms with Crippen molar-refractivity contribution in [2.45, 2.75) is 13.0 Å². The van der Waals surface area contributed by atoms with Crippen molar-refractivity contribution in [3.63, 3.8) is 0 Å². The van der Waals surface area contributed by atoms with Gasteiger partial charge in [-0.05, 0) is 36.8 Å². The second-order valence-electron chi connectivity index (χ2n) is 6.62. The summed E-state index contributed by atoms with van der Waals surface area (Å²) in [5.74, 6) is 0.556. The molecule has 3 rings (SSSR count). The van der Waals surface area contributed by atoms with Crippen molar-refractivity contribution in [3.05, 3.63) is 64.7 Å². The second kappa shape index (κ2) is 9.74. The lowest BCUT2D eigenvalue weighted by atomic mass is 10.0. The first-order valence-corrected chi connectivity index (χ1v) is 9.53. The standard InChI is InChI=1S/C21H25ClN2O3/c1-16-2-8-19(9-3-16)27-15-21(25)23-14-20(24-10-12-26-13-11-24)17-4-6-18(22)7-5-17/h2-9,20H,10-15H2,1H3,(H,23,25)/t20-/m0/s1. The van der Waals surface area contributed by atoms with Crippen LogP contribution < -0.4 is 10.1 Å². The highest BCUT2D eigenvalue weighted by molar-refractivity contribution is 6.30. The van der Waals surface area contributed by atoms with Crippen LogP contribution in [0.25, 0.3) is 0 Å². The minimum Gasteiger partial charge on any atom is -0.484 e. The maximum absolute atomic E-state index is 12.3. The van der Waals surface area contributed by atoms with Crippen LogP contribution in [-0.2, 0) is 9.53 Å². The molecule has 0 bridgehead atoms. The third-order valence-electron chi connectivity index (χ3n) is 4.62. The Morgan fingerprint density at radius 1 is 1.15 bits per heavy atom. The number of amides is 1. The van der Waals surface area contributed by atoms with Gasteiger partial charge in [-0.3, -0.25) is 9.69 Å². The van der Waals surface area contributed by atoms with E-state index in [1.165, 1.54) is 0 Å². The first-order chi connectivity index (χ1) is 13.1. The van der Waals surface area contributed by atoms with E-state index in [-0.39, 0.29) is 18.6 Å². The number of nitrogens with one attached hydrogen (secondary N) is 1. The maximum atomic E-state index is 12.3. The summed E-state index contributed by atoms with van der Waals surface area (Å²) in [5, 5.41) is 3.70. The van der Waals surface area contributed by atoms with Crippen LogP contribution in [0, 0.1) is 6.92 Å². The molecule has 0 saturated carbocycles. The Morgan fingerprint density at radius 3 is 2.48 bits per heavy atom. The van der Waals surface area contributed by atoms with Gasteiger partial charge in [-0.15, -0.1) is 0 Å². The molecule has 0 spiro atoms. The predicted octanol–water partition coefficient (Wildman–Crippen LogP) is 3.22. The number of ether oxygens (including phenoxy) is 2. The molecule has 1 N–H and O–H groups in total. The van der Waals surface area contributed by atoms with Gasteiger partial charge in [0, 0.05) is 24.7 Å². The Balaban J connectivity index is 1.57. The van der Waals surface area contributed by atoms with E-state index in [0.29, 0.717) is 30.5 Å². The van der Waals surface area contributed by atoms with Crippen molar-refractivity contribution in [2.75, 3.05) is 39.5 Å². The molecule has 1 fully saturated rings. The Hall–Kier alpha value is -2.08. The number of hydrogen-bond acceptors (Lipinski definition) is 4. The number of benzene rings is 2. The van der Waals surface area contributed by atoms with Gasteiger partial charge in [-0.25, -0.2) is 0 Å². The van der Waals surface area contributed by atoms with Crippen LogP contribution in [0.3, 0.4) is 0 Å². The summed E-state index contributed by atoms with van der Waals surface area (Å²) in [6.07, 6.45) is 0. The third-order valence-corrected chi connectivity index (χ3v) is 4.88.